The van der Waals surface area contributed by atoms with Gasteiger partial charge in [-0.1, -0.05) is 0 Å². The molecule has 1 aromatic rings. The van der Waals surface area contributed by atoms with Crippen LogP contribution in [0.5, 0.6) is 0 Å². The second kappa shape index (κ2) is 10.6. The third kappa shape index (κ3) is 6.88. The summed E-state index contributed by atoms with van der Waals surface area (Å²) in [6.07, 6.45) is 0.677. The number of aromatic amines is 1. The lowest BCUT2D eigenvalue weighted by Crippen LogP contribution is -2.33. The van der Waals surface area contributed by atoms with E-state index >= 15 is 0 Å². The van der Waals surface area contributed by atoms with Gasteiger partial charge in [0.25, 0.3) is 5.91 Å². The minimum absolute atomic E-state index is 0.00657. The maximum Gasteiger partial charge on any atom is 0.407 e. The Hall–Kier alpha value is -2.92. The average molecular weight is 408 g/mol. The maximum atomic E-state index is 12.4. The van der Waals surface area contributed by atoms with Crippen molar-refractivity contribution in [1.29, 1.82) is 5.41 Å². The lowest BCUT2D eigenvalue weighted by Gasteiger charge is -2.13. The monoisotopic (exact) mass is 408 g/mol. The molecule has 160 valence electrons. The van der Waals surface area contributed by atoms with E-state index in [4.69, 9.17) is 19.6 Å². The summed E-state index contributed by atoms with van der Waals surface area (Å²) in [6, 6.07) is 1.65. The van der Waals surface area contributed by atoms with Crippen LogP contribution < -0.4 is 16.0 Å². The first-order chi connectivity index (χ1) is 13.8. The van der Waals surface area contributed by atoms with Crippen molar-refractivity contribution in [3.8, 4) is 0 Å². The summed E-state index contributed by atoms with van der Waals surface area (Å²) in [6.45, 7) is 4.08. The Morgan fingerprint density at radius 1 is 1.48 bits per heavy atom. The first-order valence-electron chi connectivity index (χ1n) is 9.23. The number of rotatable bonds is 9. The Kier molecular flexibility index (Phi) is 8.16. The fraction of sp³-hybridized carbons (Fsp3) is 0.556. The van der Waals surface area contributed by atoms with Gasteiger partial charge in [0.2, 0.25) is 0 Å². The van der Waals surface area contributed by atoms with Crippen molar-refractivity contribution in [3.05, 3.63) is 23.5 Å². The molecule has 5 N–H and O–H groups in total. The normalized spacial score (nSPS) is 19.1. The van der Waals surface area contributed by atoms with Crippen LogP contribution in [0.4, 0.5) is 10.6 Å². The first-order valence-corrected chi connectivity index (χ1v) is 9.23. The number of methoxy groups -OCH3 is 1. The van der Waals surface area contributed by atoms with E-state index in [0.717, 1.165) is 0 Å². The molecule has 1 aliphatic rings. The smallest absolute Gasteiger partial charge is 0.407 e. The molecule has 0 saturated carbocycles. The highest BCUT2D eigenvalue weighted by atomic mass is 16.6. The van der Waals surface area contributed by atoms with Gasteiger partial charge in [-0.2, -0.15) is 5.10 Å². The van der Waals surface area contributed by atoms with Gasteiger partial charge in [0, 0.05) is 32.7 Å². The second-order valence-corrected chi connectivity index (χ2v) is 6.81. The summed E-state index contributed by atoms with van der Waals surface area (Å²) in [7, 11) is 3.07. The van der Waals surface area contributed by atoms with Crippen LogP contribution in [0.25, 0.3) is 0 Å². The molecule has 2 atom stereocenters. The summed E-state index contributed by atoms with van der Waals surface area (Å²) in [4.78, 5) is 24.0. The van der Waals surface area contributed by atoms with E-state index in [9.17, 15) is 9.59 Å². The standard InChI is InChI=1S/C18H28N6O5/c1-10(2)21-18(26)29-12-6-15(28-9-12)13-7-16(24-23-13)22-17(25)14(20-3)5-11(19)8-27-4/h5,7,10,12,15,19-20H,6,8-9H2,1-4H3,(H,21,26)(H2,22,23,24,25)/b14-5-,19-11?/t12-,15-/m0/s1. The minimum Gasteiger partial charge on any atom is -0.444 e. The zero-order chi connectivity index (χ0) is 21.4. The molecule has 1 saturated heterocycles. The van der Waals surface area contributed by atoms with Gasteiger partial charge in [-0.3, -0.25) is 9.89 Å². The van der Waals surface area contributed by atoms with Gasteiger partial charge in [0.05, 0.1) is 24.6 Å². The van der Waals surface area contributed by atoms with Gasteiger partial charge in [-0.15, -0.1) is 0 Å². The molecule has 0 spiro atoms. The van der Waals surface area contributed by atoms with Crippen molar-refractivity contribution in [1.82, 2.24) is 20.8 Å². The number of anilines is 1. The Morgan fingerprint density at radius 3 is 2.90 bits per heavy atom. The molecule has 11 nitrogen and oxygen atoms in total. The Labute approximate surface area is 169 Å². The highest BCUT2D eigenvalue weighted by molar-refractivity contribution is 6.08. The molecule has 2 heterocycles. The summed E-state index contributed by atoms with van der Waals surface area (Å²) in [5.74, 6) is -0.0441. The van der Waals surface area contributed by atoms with Crippen molar-refractivity contribution >= 4 is 23.5 Å². The molecule has 0 bridgehead atoms. The molecule has 0 aromatic carbocycles. The molecule has 2 rings (SSSR count). The molecule has 11 heteroatoms. The number of amides is 2. The molecule has 1 fully saturated rings. The number of alkyl carbamates (subject to hydrolysis) is 1. The SMILES string of the molecule is CN/C(=C\C(=N)COC)C(=O)Nc1cc([C@@H]2C[C@H](OC(=O)NC(C)C)CO2)n[nH]1. The van der Waals surface area contributed by atoms with Crippen LogP contribution in [-0.4, -0.2) is 67.4 Å². The van der Waals surface area contributed by atoms with Gasteiger partial charge in [0.15, 0.2) is 0 Å². The number of hydrogen-bond donors (Lipinski definition) is 5. The van der Waals surface area contributed by atoms with Crippen molar-refractivity contribution in [2.45, 2.75) is 38.5 Å². The molecule has 2 amide bonds. The number of aromatic nitrogens is 2. The number of ether oxygens (including phenoxy) is 3. The minimum atomic E-state index is -0.477. The molecule has 0 aliphatic carbocycles. The quantitative estimate of drug-likeness (QED) is 0.303. The summed E-state index contributed by atoms with van der Waals surface area (Å²) < 4.78 is 15.8. The largest absolute Gasteiger partial charge is 0.444 e. The van der Waals surface area contributed by atoms with Crippen LogP contribution in [0, 0.1) is 5.41 Å². The van der Waals surface area contributed by atoms with Gasteiger partial charge in [0.1, 0.15) is 23.7 Å². The summed E-state index contributed by atoms with van der Waals surface area (Å²) in [5.41, 5.74) is 0.965. The van der Waals surface area contributed by atoms with Crippen LogP contribution >= 0.6 is 0 Å². The van der Waals surface area contributed by atoms with Crippen molar-refractivity contribution in [3.63, 3.8) is 0 Å². The van der Waals surface area contributed by atoms with Crippen LogP contribution in [0.2, 0.25) is 0 Å². The van der Waals surface area contributed by atoms with E-state index < -0.39 is 12.0 Å². The molecular formula is C18H28N6O5. The fourth-order valence-corrected chi connectivity index (χ4v) is 2.69. The van der Waals surface area contributed by atoms with Gasteiger partial charge in [-0.25, -0.2) is 4.79 Å². The molecule has 1 aliphatic heterocycles. The maximum absolute atomic E-state index is 12.4. The third-order valence-electron chi connectivity index (χ3n) is 3.95. The average Bonchev–Trinajstić information content (AvgIpc) is 3.28. The molecule has 0 unspecified atom stereocenters. The fourth-order valence-electron chi connectivity index (χ4n) is 2.69. The molecule has 29 heavy (non-hydrogen) atoms. The second-order valence-electron chi connectivity index (χ2n) is 6.81. The first kappa shape index (κ1) is 22.4. The predicted octanol–water partition coefficient (Wildman–Crippen LogP) is 1.08. The van der Waals surface area contributed by atoms with Crippen LogP contribution in [0.15, 0.2) is 17.8 Å². The topological polar surface area (TPSA) is 150 Å². The van der Waals surface area contributed by atoms with Crippen molar-refractivity contribution < 1.29 is 23.8 Å². The number of carbonyl (C=O) groups excluding carboxylic acids is 2. The number of carbonyl (C=O) groups is 2. The van der Waals surface area contributed by atoms with E-state index in [2.05, 4.69) is 26.1 Å². The lowest BCUT2D eigenvalue weighted by atomic mass is 10.1. The van der Waals surface area contributed by atoms with Gasteiger partial charge >= 0.3 is 6.09 Å². The van der Waals surface area contributed by atoms with Crippen molar-refractivity contribution in [2.24, 2.45) is 0 Å². The molecule has 0 radical (unpaired) electrons. The van der Waals surface area contributed by atoms with E-state index in [1.165, 1.54) is 13.2 Å². The number of hydrogen-bond acceptors (Lipinski definition) is 8. The Bertz CT molecular complexity index is 760. The van der Waals surface area contributed by atoms with Gasteiger partial charge < -0.3 is 35.6 Å². The van der Waals surface area contributed by atoms with Crippen LogP contribution in [0.1, 0.15) is 32.1 Å². The number of likely N-dealkylation sites (N-methyl/N-ethyl adjacent to an activating group) is 1. The molecular weight excluding hydrogens is 380 g/mol. The van der Waals surface area contributed by atoms with Gasteiger partial charge in [-0.05, 0) is 19.9 Å². The summed E-state index contributed by atoms with van der Waals surface area (Å²) in [5, 5.41) is 22.7. The van der Waals surface area contributed by atoms with E-state index in [1.54, 1.807) is 13.1 Å². The Balaban J connectivity index is 1.91. The van der Waals surface area contributed by atoms with E-state index in [1.807, 2.05) is 13.8 Å². The van der Waals surface area contributed by atoms with Crippen LogP contribution in [-0.2, 0) is 19.0 Å². The summed E-state index contributed by atoms with van der Waals surface area (Å²) >= 11 is 0. The highest BCUT2D eigenvalue weighted by Crippen LogP contribution is 2.30. The van der Waals surface area contributed by atoms with Crippen molar-refractivity contribution in [2.75, 3.05) is 32.7 Å². The third-order valence-corrected chi connectivity index (χ3v) is 3.95. The number of H-pyrrole nitrogens is 1. The predicted molar refractivity (Wildman–Crippen MR) is 106 cm³/mol. The highest BCUT2D eigenvalue weighted by Gasteiger charge is 2.31. The molecule has 1 aromatic heterocycles. The van der Waals surface area contributed by atoms with E-state index in [-0.39, 0.29) is 42.9 Å². The number of nitrogens with zero attached hydrogens (tertiary/aromatic N) is 1. The zero-order valence-corrected chi connectivity index (χ0v) is 17.0. The zero-order valence-electron chi connectivity index (χ0n) is 17.0. The van der Waals surface area contributed by atoms with Crippen LogP contribution in [0.3, 0.4) is 0 Å². The number of nitrogens with one attached hydrogen (secondary N) is 5. The Morgan fingerprint density at radius 2 is 2.24 bits per heavy atom. The van der Waals surface area contributed by atoms with E-state index in [0.29, 0.717) is 17.9 Å². The lowest BCUT2D eigenvalue weighted by molar-refractivity contribution is -0.113.